The van der Waals surface area contributed by atoms with Gasteiger partial charge in [-0.3, -0.25) is 4.79 Å². The van der Waals surface area contributed by atoms with E-state index in [4.69, 9.17) is 5.73 Å². The Morgan fingerprint density at radius 1 is 1.39 bits per heavy atom. The molecule has 0 spiro atoms. The molecule has 1 aliphatic carbocycles. The quantitative estimate of drug-likeness (QED) is 0.890. The van der Waals surface area contributed by atoms with E-state index in [1.807, 2.05) is 6.92 Å². The van der Waals surface area contributed by atoms with E-state index in [-0.39, 0.29) is 5.91 Å². The third-order valence-corrected chi connectivity index (χ3v) is 4.76. The Balaban J connectivity index is 1.99. The van der Waals surface area contributed by atoms with Crippen LogP contribution in [0.2, 0.25) is 0 Å². The summed E-state index contributed by atoms with van der Waals surface area (Å²) in [7, 11) is 0. The lowest BCUT2D eigenvalue weighted by Crippen LogP contribution is -2.13. The Kier molecular flexibility index (Phi) is 4.75. The Hall–Kier alpha value is -0.900. The molecule has 0 atom stereocenters. The fourth-order valence-corrected chi connectivity index (χ4v) is 3.73. The number of rotatable bonds is 5. The molecule has 2 rings (SSSR count). The number of aromatic nitrogens is 1. The fourth-order valence-electron chi connectivity index (χ4n) is 2.77. The predicted molar refractivity (Wildman–Crippen MR) is 74.6 cm³/mol. The van der Waals surface area contributed by atoms with Crippen LogP contribution in [0.4, 0.5) is 0 Å². The number of hydrogen-bond donors (Lipinski definition) is 1. The van der Waals surface area contributed by atoms with Crippen molar-refractivity contribution < 1.29 is 4.79 Å². The number of primary amides is 1. The van der Waals surface area contributed by atoms with Gasteiger partial charge in [-0.05, 0) is 25.7 Å². The maximum absolute atomic E-state index is 10.9. The molecule has 0 bridgehead atoms. The van der Waals surface area contributed by atoms with Crippen molar-refractivity contribution in [1.29, 1.82) is 0 Å². The van der Waals surface area contributed by atoms with Crippen molar-refractivity contribution in [2.75, 3.05) is 0 Å². The van der Waals surface area contributed by atoms with Crippen molar-refractivity contribution >= 4 is 17.2 Å². The van der Waals surface area contributed by atoms with E-state index >= 15 is 0 Å². The number of carbonyl (C=O) groups excluding carboxylic acids is 1. The summed E-state index contributed by atoms with van der Waals surface area (Å²) in [5.41, 5.74) is 6.45. The second kappa shape index (κ2) is 6.32. The third kappa shape index (κ3) is 3.80. The maximum Gasteiger partial charge on any atom is 0.217 e. The molecule has 0 unspecified atom stereocenters. The van der Waals surface area contributed by atoms with Crippen LogP contribution in [0.1, 0.15) is 54.1 Å². The van der Waals surface area contributed by atoms with E-state index in [2.05, 4.69) is 4.98 Å². The summed E-state index contributed by atoms with van der Waals surface area (Å²) in [4.78, 5) is 16.8. The molecule has 4 heteroatoms. The zero-order chi connectivity index (χ0) is 13.0. The molecule has 100 valence electrons. The first-order valence-corrected chi connectivity index (χ1v) is 7.70. The molecule has 1 amide bonds. The van der Waals surface area contributed by atoms with Crippen LogP contribution in [0.5, 0.6) is 0 Å². The number of carbonyl (C=O) groups is 1. The van der Waals surface area contributed by atoms with Gasteiger partial charge in [-0.1, -0.05) is 32.1 Å². The van der Waals surface area contributed by atoms with Gasteiger partial charge in [-0.2, -0.15) is 0 Å². The molecule has 1 saturated carbocycles. The van der Waals surface area contributed by atoms with E-state index in [0.717, 1.165) is 23.8 Å². The Morgan fingerprint density at radius 3 is 2.78 bits per heavy atom. The van der Waals surface area contributed by atoms with Gasteiger partial charge in [-0.25, -0.2) is 4.98 Å². The number of nitrogens with two attached hydrogens (primary N) is 1. The van der Waals surface area contributed by atoms with Crippen molar-refractivity contribution in [2.45, 2.75) is 58.3 Å². The summed E-state index contributed by atoms with van der Waals surface area (Å²) in [6, 6.07) is 0. The molecule has 0 aromatic carbocycles. The highest BCUT2D eigenvalue weighted by Crippen LogP contribution is 2.29. The highest BCUT2D eigenvalue weighted by Gasteiger charge is 2.18. The minimum Gasteiger partial charge on any atom is -0.370 e. The lowest BCUT2D eigenvalue weighted by Gasteiger charge is -2.20. The standard InChI is InChI=1S/C14H22N2OS/c1-10-16-12(9-11-5-3-2-4-6-11)13(18-10)7-8-14(15)17/h11H,2-9H2,1H3,(H2,15,17). The van der Waals surface area contributed by atoms with E-state index in [1.54, 1.807) is 11.3 Å². The average molecular weight is 266 g/mol. The van der Waals surface area contributed by atoms with E-state index < -0.39 is 0 Å². The maximum atomic E-state index is 10.9. The van der Waals surface area contributed by atoms with E-state index in [9.17, 15) is 4.79 Å². The first-order valence-electron chi connectivity index (χ1n) is 6.88. The number of nitrogens with zero attached hydrogens (tertiary/aromatic N) is 1. The molecular weight excluding hydrogens is 244 g/mol. The molecule has 1 fully saturated rings. The molecular formula is C14H22N2OS. The van der Waals surface area contributed by atoms with Crippen LogP contribution in [0.15, 0.2) is 0 Å². The van der Waals surface area contributed by atoms with Crippen molar-refractivity contribution in [2.24, 2.45) is 11.7 Å². The molecule has 1 aliphatic rings. The summed E-state index contributed by atoms with van der Waals surface area (Å²) in [5, 5.41) is 1.11. The predicted octanol–water partition coefficient (Wildman–Crippen LogP) is 2.99. The fraction of sp³-hybridized carbons (Fsp3) is 0.714. The van der Waals surface area contributed by atoms with Crippen molar-refractivity contribution in [3.63, 3.8) is 0 Å². The summed E-state index contributed by atoms with van der Waals surface area (Å²) in [5.74, 6) is 0.581. The van der Waals surface area contributed by atoms with Crippen LogP contribution < -0.4 is 5.73 Å². The zero-order valence-corrected chi connectivity index (χ0v) is 11.9. The molecule has 1 aromatic rings. The molecule has 0 radical (unpaired) electrons. The normalized spacial score (nSPS) is 16.9. The summed E-state index contributed by atoms with van der Waals surface area (Å²) in [6.07, 6.45) is 9.11. The zero-order valence-electron chi connectivity index (χ0n) is 11.1. The molecule has 18 heavy (non-hydrogen) atoms. The summed E-state index contributed by atoms with van der Waals surface area (Å²) >= 11 is 1.73. The highest BCUT2D eigenvalue weighted by molar-refractivity contribution is 7.11. The molecule has 0 saturated heterocycles. The number of thiazole rings is 1. The first-order chi connectivity index (χ1) is 8.65. The third-order valence-electron chi connectivity index (χ3n) is 3.69. The second-order valence-electron chi connectivity index (χ2n) is 5.28. The summed E-state index contributed by atoms with van der Waals surface area (Å²) < 4.78 is 0. The van der Waals surface area contributed by atoms with Gasteiger partial charge in [-0.15, -0.1) is 11.3 Å². The smallest absolute Gasteiger partial charge is 0.217 e. The average Bonchev–Trinajstić information content (AvgIpc) is 2.68. The number of aryl methyl sites for hydroxylation is 2. The Labute approximate surface area is 113 Å². The minimum atomic E-state index is -0.218. The number of hydrogen-bond acceptors (Lipinski definition) is 3. The molecule has 0 aliphatic heterocycles. The Morgan fingerprint density at radius 2 is 2.11 bits per heavy atom. The largest absolute Gasteiger partial charge is 0.370 e. The van der Waals surface area contributed by atoms with Crippen LogP contribution in [0, 0.1) is 12.8 Å². The number of amides is 1. The van der Waals surface area contributed by atoms with Crippen LogP contribution in [0.25, 0.3) is 0 Å². The SMILES string of the molecule is Cc1nc(CC2CCCCC2)c(CCC(N)=O)s1. The lowest BCUT2D eigenvalue weighted by atomic mass is 9.86. The van der Waals surface area contributed by atoms with Gasteiger partial charge in [0.05, 0.1) is 10.7 Å². The lowest BCUT2D eigenvalue weighted by molar-refractivity contribution is -0.117. The van der Waals surface area contributed by atoms with Crippen molar-refractivity contribution in [1.82, 2.24) is 4.98 Å². The molecule has 2 N–H and O–H groups in total. The van der Waals surface area contributed by atoms with E-state index in [0.29, 0.717) is 6.42 Å². The van der Waals surface area contributed by atoms with Crippen LogP contribution in [-0.4, -0.2) is 10.9 Å². The van der Waals surface area contributed by atoms with Gasteiger partial charge in [0.1, 0.15) is 0 Å². The van der Waals surface area contributed by atoms with E-state index in [1.165, 1.54) is 42.7 Å². The summed E-state index contributed by atoms with van der Waals surface area (Å²) in [6.45, 7) is 2.04. The molecule has 1 aromatic heterocycles. The van der Waals surface area contributed by atoms with Gasteiger partial charge in [0.15, 0.2) is 0 Å². The van der Waals surface area contributed by atoms with Crippen molar-refractivity contribution in [3.8, 4) is 0 Å². The van der Waals surface area contributed by atoms with Gasteiger partial charge >= 0.3 is 0 Å². The van der Waals surface area contributed by atoms with Crippen LogP contribution in [0.3, 0.4) is 0 Å². The first kappa shape index (κ1) is 13.5. The molecule has 1 heterocycles. The molecule has 3 nitrogen and oxygen atoms in total. The Bertz CT molecular complexity index is 408. The van der Waals surface area contributed by atoms with Gasteiger partial charge in [0.2, 0.25) is 5.91 Å². The van der Waals surface area contributed by atoms with Gasteiger partial charge in [0.25, 0.3) is 0 Å². The van der Waals surface area contributed by atoms with Gasteiger partial charge < -0.3 is 5.73 Å². The van der Waals surface area contributed by atoms with Gasteiger partial charge in [0, 0.05) is 11.3 Å². The highest BCUT2D eigenvalue weighted by atomic mass is 32.1. The minimum absolute atomic E-state index is 0.218. The van der Waals surface area contributed by atoms with Crippen LogP contribution >= 0.6 is 11.3 Å². The topological polar surface area (TPSA) is 56.0 Å². The van der Waals surface area contributed by atoms with Crippen LogP contribution in [-0.2, 0) is 17.6 Å². The second-order valence-corrected chi connectivity index (χ2v) is 6.56. The monoisotopic (exact) mass is 266 g/mol. The van der Waals surface area contributed by atoms with Crippen molar-refractivity contribution in [3.05, 3.63) is 15.6 Å².